The monoisotopic (exact) mass is 256 g/mol. The van der Waals surface area contributed by atoms with E-state index in [-0.39, 0.29) is 12.0 Å². The number of nitrogens with zero attached hydrogens (tertiary/aromatic N) is 2. The number of likely N-dealkylation sites (tertiary alicyclic amines) is 1. The summed E-state index contributed by atoms with van der Waals surface area (Å²) in [6, 6.07) is -0.0957. The van der Waals surface area contributed by atoms with E-state index < -0.39 is 0 Å². The van der Waals surface area contributed by atoms with Crippen LogP contribution in [0.15, 0.2) is 0 Å². The third-order valence-electron chi connectivity index (χ3n) is 3.99. The van der Waals surface area contributed by atoms with Crippen molar-refractivity contribution in [2.75, 3.05) is 53.6 Å². The van der Waals surface area contributed by atoms with Crippen molar-refractivity contribution in [1.82, 2.24) is 9.80 Å². The Balaban J connectivity index is 2.05. The van der Waals surface area contributed by atoms with Gasteiger partial charge in [0.1, 0.15) is 6.04 Å². The lowest BCUT2D eigenvalue weighted by atomic mass is 9.89. The van der Waals surface area contributed by atoms with E-state index in [9.17, 15) is 4.79 Å². The maximum Gasteiger partial charge on any atom is 0.323 e. The topological polar surface area (TPSA) is 42.0 Å². The van der Waals surface area contributed by atoms with E-state index in [2.05, 4.69) is 16.8 Å². The van der Waals surface area contributed by atoms with Gasteiger partial charge < -0.3 is 14.4 Å². The van der Waals surface area contributed by atoms with Crippen LogP contribution < -0.4 is 0 Å². The average molecular weight is 256 g/mol. The molecule has 2 unspecified atom stereocenters. The molecule has 5 heteroatoms. The summed E-state index contributed by atoms with van der Waals surface area (Å²) in [5.74, 6) is 0.298. The van der Waals surface area contributed by atoms with E-state index in [1.165, 1.54) is 13.5 Å². The third kappa shape index (κ3) is 3.22. The van der Waals surface area contributed by atoms with Crippen LogP contribution >= 0.6 is 0 Å². The summed E-state index contributed by atoms with van der Waals surface area (Å²) < 4.78 is 10.4. The third-order valence-corrected chi connectivity index (χ3v) is 3.99. The summed E-state index contributed by atoms with van der Waals surface area (Å²) in [5, 5.41) is 0. The summed E-state index contributed by atoms with van der Waals surface area (Å²) in [6.45, 7) is 5.22. The van der Waals surface area contributed by atoms with Gasteiger partial charge in [-0.2, -0.15) is 0 Å². The molecular formula is C13H24N2O3. The highest BCUT2D eigenvalue weighted by Gasteiger charge is 2.36. The minimum atomic E-state index is -0.0957. The minimum Gasteiger partial charge on any atom is -0.468 e. The molecule has 0 aliphatic carbocycles. The van der Waals surface area contributed by atoms with Crippen LogP contribution in [0.4, 0.5) is 0 Å². The van der Waals surface area contributed by atoms with E-state index in [0.717, 1.165) is 45.8 Å². The van der Waals surface area contributed by atoms with Gasteiger partial charge in [0.05, 0.1) is 20.3 Å². The van der Waals surface area contributed by atoms with Gasteiger partial charge in [0, 0.05) is 19.6 Å². The van der Waals surface area contributed by atoms with Crippen molar-refractivity contribution in [3.63, 3.8) is 0 Å². The number of methoxy groups -OCH3 is 1. The van der Waals surface area contributed by atoms with Crippen molar-refractivity contribution >= 4 is 5.97 Å². The second-order valence-corrected chi connectivity index (χ2v) is 5.28. The Bertz CT molecular complexity index is 279. The molecule has 0 aromatic rings. The molecule has 0 N–H and O–H groups in total. The van der Waals surface area contributed by atoms with Gasteiger partial charge in [-0.1, -0.05) is 0 Å². The Morgan fingerprint density at radius 3 is 2.67 bits per heavy atom. The lowest BCUT2D eigenvalue weighted by Crippen LogP contribution is -2.54. The average Bonchev–Trinajstić information content (AvgIpc) is 2.40. The van der Waals surface area contributed by atoms with Crippen LogP contribution in [0.5, 0.6) is 0 Å². The molecule has 0 spiro atoms. The van der Waals surface area contributed by atoms with Gasteiger partial charge in [0.25, 0.3) is 0 Å². The fourth-order valence-electron chi connectivity index (χ4n) is 3.08. The van der Waals surface area contributed by atoms with Crippen LogP contribution in [0.2, 0.25) is 0 Å². The largest absolute Gasteiger partial charge is 0.468 e. The van der Waals surface area contributed by atoms with E-state index in [1.54, 1.807) is 0 Å². The molecule has 0 bridgehead atoms. The van der Waals surface area contributed by atoms with E-state index in [0.29, 0.717) is 5.92 Å². The van der Waals surface area contributed by atoms with Gasteiger partial charge in [0.2, 0.25) is 0 Å². The summed E-state index contributed by atoms with van der Waals surface area (Å²) in [6.07, 6.45) is 2.28. The van der Waals surface area contributed by atoms with Crippen molar-refractivity contribution in [3.8, 4) is 0 Å². The zero-order valence-electron chi connectivity index (χ0n) is 11.4. The lowest BCUT2D eigenvalue weighted by molar-refractivity contribution is -0.152. The fraction of sp³-hybridized carbons (Fsp3) is 0.923. The molecule has 0 saturated carbocycles. The predicted molar refractivity (Wildman–Crippen MR) is 68.4 cm³/mol. The molecule has 2 atom stereocenters. The van der Waals surface area contributed by atoms with E-state index in [1.807, 2.05) is 0 Å². The Labute approximate surface area is 109 Å². The molecule has 2 aliphatic heterocycles. The molecule has 18 heavy (non-hydrogen) atoms. The fourth-order valence-corrected chi connectivity index (χ4v) is 3.08. The van der Waals surface area contributed by atoms with Gasteiger partial charge in [-0.15, -0.1) is 0 Å². The van der Waals surface area contributed by atoms with Gasteiger partial charge >= 0.3 is 5.97 Å². The van der Waals surface area contributed by atoms with E-state index in [4.69, 9.17) is 9.47 Å². The first-order valence-corrected chi connectivity index (χ1v) is 6.80. The predicted octanol–water partition coefficient (Wildman–Crippen LogP) is 0.202. The molecule has 2 rings (SSSR count). The number of morpholine rings is 1. The first-order chi connectivity index (χ1) is 8.72. The Kier molecular flexibility index (Phi) is 4.97. The quantitative estimate of drug-likeness (QED) is 0.675. The highest BCUT2D eigenvalue weighted by atomic mass is 16.5. The zero-order chi connectivity index (χ0) is 13.0. The van der Waals surface area contributed by atoms with Gasteiger partial charge in [-0.25, -0.2) is 0 Å². The molecular weight excluding hydrogens is 232 g/mol. The summed E-state index contributed by atoms with van der Waals surface area (Å²) in [5.41, 5.74) is 0. The molecule has 0 radical (unpaired) electrons. The molecule has 2 fully saturated rings. The van der Waals surface area contributed by atoms with Crippen molar-refractivity contribution in [2.45, 2.75) is 18.9 Å². The molecule has 104 valence electrons. The van der Waals surface area contributed by atoms with Crippen LogP contribution in [-0.2, 0) is 14.3 Å². The number of carbonyl (C=O) groups excluding carboxylic acids is 1. The highest BCUT2D eigenvalue weighted by molar-refractivity contribution is 5.76. The van der Waals surface area contributed by atoms with Crippen molar-refractivity contribution in [2.24, 2.45) is 5.92 Å². The molecule has 2 heterocycles. The standard InChI is InChI=1S/C13H24N2O3/c1-14-5-3-4-11(10-14)12(13(16)17-2)15-6-8-18-9-7-15/h11-12H,3-10H2,1-2H3. The van der Waals surface area contributed by atoms with Gasteiger partial charge in [-0.3, -0.25) is 9.69 Å². The van der Waals surface area contributed by atoms with Crippen molar-refractivity contribution in [3.05, 3.63) is 0 Å². The van der Waals surface area contributed by atoms with Crippen LogP contribution in [0.25, 0.3) is 0 Å². The van der Waals surface area contributed by atoms with Crippen LogP contribution in [0.3, 0.4) is 0 Å². The first kappa shape index (κ1) is 13.8. The second kappa shape index (κ2) is 6.50. The summed E-state index contributed by atoms with van der Waals surface area (Å²) >= 11 is 0. The number of carbonyl (C=O) groups is 1. The summed E-state index contributed by atoms with van der Waals surface area (Å²) in [4.78, 5) is 16.6. The van der Waals surface area contributed by atoms with Gasteiger partial charge in [0.15, 0.2) is 0 Å². The Morgan fingerprint density at radius 1 is 1.33 bits per heavy atom. The molecule has 0 aromatic heterocycles. The molecule has 5 nitrogen and oxygen atoms in total. The number of piperidine rings is 1. The molecule has 0 aromatic carbocycles. The maximum absolute atomic E-state index is 12.1. The SMILES string of the molecule is COC(=O)C(C1CCCN(C)C1)N1CCOCC1. The maximum atomic E-state index is 12.1. The lowest BCUT2D eigenvalue weighted by Gasteiger charge is -2.40. The summed E-state index contributed by atoms with van der Waals surface area (Å²) in [7, 11) is 3.61. The molecule has 0 amide bonds. The van der Waals surface area contributed by atoms with Gasteiger partial charge in [-0.05, 0) is 32.4 Å². The van der Waals surface area contributed by atoms with Crippen molar-refractivity contribution < 1.29 is 14.3 Å². The molecule has 2 aliphatic rings. The Morgan fingerprint density at radius 2 is 2.06 bits per heavy atom. The Hall–Kier alpha value is -0.650. The number of hydrogen-bond donors (Lipinski definition) is 0. The second-order valence-electron chi connectivity index (χ2n) is 5.28. The number of rotatable bonds is 3. The number of hydrogen-bond acceptors (Lipinski definition) is 5. The smallest absolute Gasteiger partial charge is 0.323 e. The highest BCUT2D eigenvalue weighted by Crippen LogP contribution is 2.24. The number of esters is 1. The minimum absolute atomic E-state index is 0.0859. The normalized spacial score (nSPS) is 28.9. The van der Waals surface area contributed by atoms with Crippen LogP contribution in [0.1, 0.15) is 12.8 Å². The van der Waals surface area contributed by atoms with Crippen molar-refractivity contribution in [1.29, 1.82) is 0 Å². The van der Waals surface area contributed by atoms with E-state index >= 15 is 0 Å². The first-order valence-electron chi connectivity index (χ1n) is 6.80. The van der Waals surface area contributed by atoms with Crippen LogP contribution in [0, 0.1) is 5.92 Å². The number of ether oxygens (including phenoxy) is 2. The zero-order valence-corrected chi connectivity index (χ0v) is 11.4. The van der Waals surface area contributed by atoms with Crippen LogP contribution in [-0.4, -0.2) is 75.4 Å². The molecule has 2 saturated heterocycles.